The first-order valence-corrected chi connectivity index (χ1v) is 11.5. The van der Waals surface area contributed by atoms with Gasteiger partial charge in [0.1, 0.15) is 5.01 Å². The summed E-state index contributed by atoms with van der Waals surface area (Å²) in [4.78, 5) is 5.95. The van der Waals surface area contributed by atoms with Crippen LogP contribution in [0, 0.1) is 10.8 Å². The fourth-order valence-corrected chi connectivity index (χ4v) is 5.65. The van der Waals surface area contributed by atoms with Gasteiger partial charge in [-0.05, 0) is 38.3 Å². The molecular formula is C26H28N4OS. The lowest BCUT2D eigenvalue weighted by Gasteiger charge is -2.15. The van der Waals surface area contributed by atoms with E-state index in [1.807, 2.05) is 42.5 Å². The Kier molecular flexibility index (Phi) is 5.84. The molecule has 5 nitrogen and oxygen atoms in total. The standard InChI is InChI=1S/C26H28N4OS/c1-15(27)22(16(2)28)25-30-23(24(32-25)19-7-5-4-6-8-19)18-11-9-17(10-12-18)20-13-26(3,31)14-21(20)29/h4-12,20,27,29,31H,13-14,28H2,1-3H3/b22-16+,27-15?,29-21?/t20-,26+/m0/s1. The number of nitrogens with two attached hydrogens (primary N) is 1. The van der Waals surface area contributed by atoms with Crippen LogP contribution < -0.4 is 5.73 Å². The van der Waals surface area contributed by atoms with Crippen LogP contribution in [0.5, 0.6) is 0 Å². The summed E-state index contributed by atoms with van der Waals surface area (Å²) in [5, 5.41) is 27.6. The van der Waals surface area contributed by atoms with Gasteiger partial charge in [-0.1, -0.05) is 54.6 Å². The molecule has 1 saturated carbocycles. The SMILES string of the molecule is CC(=N)/C(=C(/C)N)c1nc(-c2ccc([C@@H]3C[C@@](C)(O)CC3=N)cc2)c(-c2ccccc2)s1. The Bertz CT molecular complexity index is 1200. The lowest BCUT2D eigenvalue weighted by atomic mass is 9.93. The van der Waals surface area contributed by atoms with E-state index in [1.165, 1.54) is 0 Å². The number of benzene rings is 2. The molecule has 0 saturated heterocycles. The largest absolute Gasteiger partial charge is 0.402 e. The van der Waals surface area contributed by atoms with Crippen molar-refractivity contribution in [1.29, 1.82) is 10.8 Å². The van der Waals surface area contributed by atoms with Gasteiger partial charge in [0.05, 0.1) is 16.2 Å². The number of aliphatic hydroxyl groups is 1. The van der Waals surface area contributed by atoms with Crippen LogP contribution in [-0.4, -0.2) is 27.1 Å². The summed E-state index contributed by atoms with van der Waals surface area (Å²) in [6.07, 6.45) is 0.993. The maximum absolute atomic E-state index is 10.4. The van der Waals surface area contributed by atoms with Crippen molar-refractivity contribution in [3.63, 3.8) is 0 Å². The number of nitrogens with zero attached hydrogens (tertiary/aromatic N) is 1. The molecule has 6 heteroatoms. The Morgan fingerprint density at radius 1 is 1.09 bits per heavy atom. The summed E-state index contributed by atoms with van der Waals surface area (Å²) in [6, 6.07) is 18.3. The van der Waals surface area contributed by atoms with Gasteiger partial charge in [0, 0.05) is 40.6 Å². The third-order valence-corrected chi connectivity index (χ3v) is 6.99. The number of thiazole rings is 1. The quantitative estimate of drug-likeness (QED) is 0.371. The molecule has 1 aliphatic rings. The van der Waals surface area contributed by atoms with Crippen molar-refractivity contribution in [2.45, 2.75) is 45.1 Å². The highest BCUT2D eigenvalue weighted by atomic mass is 32.1. The van der Waals surface area contributed by atoms with E-state index in [2.05, 4.69) is 12.1 Å². The van der Waals surface area contributed by atoms with Crippen molar-refractivity contribution in [2.75, 3.05) is 0 Å². The van der Waals surface area contributed by atoms with Gasteiger partial charge >= 0.3 is 0 Å². The van der Waals surface area contributed by atoms with Gasteiger partial charge in [-0.25, -0.2) is 4.98 Å². The molecule has 32 heavy (non-hydrogen) atoms. The summed E-state index contributed by atoms with van der Waals surface area (Å²) >= 11 is 1.54. The minimum atomic E-state index is -0.807. The van der Waals surface area contributed by atoms with Crippen LogP contribution in [-0.2, 0) is 0 Å². The first kappa shape index (κ1) is 22.1. The van der Waals surface area contributed by atoms with Crippen molar-refractivity contribution in [3.8, 4) is 21.7 Å². The third-order valence-electron chi connectivity index (χ3n) is 5.87. The maximum atomic E-state index is 10.4. The van der Waals surface area contributed by atoms with E-state index in [-0.39, 0.29) is 5.92 Å². The number of allylic oxidation sites excluding steroid dienone is 2. The minimum absolute atomic E-state index is 0.0476. The molecule has 2 atom stereocenters. The second-order valence-corrected chi connectivity index (χ2v) is 9.82. The van der Waals surface area contributed by atoms with Crippen molar-refractivity contribution < 1.29 is 5.11 Å². The molecule has 2 aromatic carbocycles. The van der Waals surface area contributed by atoms with Crippen LogP contribution in [0.15, 0.2) is 60.3 Å². The van der Waals surface area contributed by atoms with Crippen molar-refractivity contribution in [3.05, 3.63) is 70.9 Å². The second kappa shape index (κ2) is 8.45. The smallest absolute Gasteiger partial charge is 0.128 e. The lowest BCUT2D eigenvalue weighted by molar-refractivity contribution is 0.0704. The van der Waals surface area contributed by atoms with Crippen molar-refractivity contribution in [1.82, 2.24) is 4.98 Å². The molecule has 4 rings (SSSR count). The third kappa shape index (κ3) is 4.29. The summed E-state index contributed by atoms with van der Waals surface area (Å²) < 4.78 is 0. The molecule has 1 aromatic heterocycles. The Hall–Kier alpha value is -3.09. The summed E-state index contributed by atoms with van der Waals surface area (Å²) in [6.45, 7) is 5.33. The Labute approximate surface area is 192 Å². The Balaban J connectivity index is 1.78. The molecule has 5 N–H and O–H groups in total. The topological polar surface area (TPSA) is 107 Å². The van der Waals surface area contributed by atoms with Crippen LogP contribution in [0.25, 0.3) is 27.3 Å². The van der Waals surface area contributed by atoms with E-state index in [0.29, 0.717) is 35.5 Å². The highest BCUT2D eigenvalue weighted by molar-refractivity contribution is 7.17. The molecule has 0 aliphatic heterocycles. The fourth-order valence-electron chi connectivity index (χ4n) is 4.39. The van der Waals surface area contributed by atoms with E-state index < -0.39 is 5.60 Å². The summed E-state index contributed by atoms with van der Waals surface area (Å²) in [7, 11) is 0. The van der Waals surface area contributed by atoms with Crippen LogP contribution in [0.2, 0.25) is 0 Å². The van der Waals surface area contributed by atoms with Crippen molar-refractivity contribution in [2.24, 2.45) is 5.73 Å². The van der Waals surface area contributed by atoms with Gasteiger partial charge in [0.2, 0.25) is 0 Å². The first-order valence-electron chi connectivity index (χ1n) is 10.6. The summed E-state index contributed by atoms with van der Waals surface area (Å²) in [5.41, 5.74) is 11.5. The zero-order valence-corrected chi connectivity index (χ0v) is 19.4. The normalized spacial score (nSPS) is 21.5. The predicted molar refractivity (Wildman–Crippen MR) is 133 cm³/mol. The zero-order chi connectivity index (χ0) is 23.0. The minimum Gasteiger partial charge on any atom is -0.402 e. The molecular weight excluding hydrogens is 416 g/mol. The monoisotopic (exact) mass is 444 g/mol. The average Bonchev–Trinajstić information content (AvgIpc) is 3.28. The number of hydrogen-bond donors (Lipinski definition) is 4. The number of rotatable bonds is 5. The fraction of sp³-hybridized carbons (Fsp3) is 0.269. The molecule has 3 aromatic rings. The van der Waals surface area contributed by atoms with Gasteiger partial charge in [-0.3, -0.25) is 0 Å². The maximum Gasteiger partial charge on any atom is 0.128 e. The average molecular weight is 445 g/mol. The van der Waals surface area contributed by atoms with Gasteiger partial charge in [-0.2, -0.15) is 0 Å². The summed E-state index contributed by atoms with van der Waals surface area (Å²) in [5.74, 6) is -0.0476. The van der Waals surface area contributed by atoms with Gasteiger partial charge in [0.15, 0.2) is 0 Å². The van der Waals surface area contributed by atoms with E-state index in [9.17, 15) is 5.11 Å². The predicted octanol–water partition coefficient (Wildman–Crippen LogP) is 5.85. The molecule has 164 valence electrons. The van der Waals surface area contributed by atoms with Crippen LogP contribution in [0.3, 0.4) is 0 Å². The zero-order valence-electron chi connectivity index (χ0n) is 18.6. The van der Waals surface area contributed by atoms with Gasteiger partial charge in [0.25, 0.3) is 0 Å². The highest BCUT2D eigenvalue weighted by Gasteiger charge is 2.38. The molecule has 0 unspecified atom stereocenters. The molecule has 0 spiro atoms. The van der Waals surface area contributed by atoms with E-state index in [4.69, 9.17) is 21.5 Å². The van der Waals surface area contributed by atoms with Crippen LogP contribution >= 0.6 is 11.3 Å². The van der Waals surface area contributed by atoms with Gasteiger partial charge in [-0.15, -0.1) is 11.3 Å². The van der Waals surface area contributed by atoms with Crippen molar-refractivity contribution >= 4 is 28.3 Å². The van der Waals surface area contributed by atoms with E-state index >= 15 is 0 Å². The first-order chi connectivity index (χ1) is 15.2. The number of nitrogens with one attached hydrogen (secondary N) is 2. The number of hydrogen-bond acceptors (Lipinski definition) is 6. The second-order valence-electron chi connectivity index (χ2n) is 8.82. The lowest BCUT2D eigenvalue weighted by Crippen LogP contribution is -2.18. The van der Waals surface area contributed by atoms with E-state index in [1.54, 1.807) is 32.1 Å². The van der Waals surface area contributed by atoms with Crippen LogP contribution in [0.1, 0.15) is 50.1 Å². The Morgan fingerprint density at radius 2 is 1.75 bits per heavy atom. The highest BCUT2D eigenvalue weighted by Crippen LogP contribution is 2.41. The van der Waals surface area contributed by atoms with Gasteiger partial charge < -0.3 is 21.7 Å². The van der Waals surface area contributed by atoms with Crippen LogP contribution in [0.4, 0.5) is 0 Å². The molecule has 0 bridgehead atoms. The number of aromatic nitrogens is 1. The molecule has 0 amide bonds. The molecule has 1 heterocycles. The molecule has 0 radical (unpaired) electrons. The molecule has 1 fully saturated rings. The van der Waals surface area contributed by atoms with E-state index in [0.717, 1.165) is 32.3 Å². The molecule has 1 aliphatic carbocycles. The Morgan fingerprint density at radius 3 is 2.28 bits per heavy atom.